The molecule has 3 aromatic rings. The van der Waals surface area contributed by atoms with Crippen LogP contribution in [0.1, 0.15) is 22.5 Å². The van der Waals surface area contributed by atoms with Crippen LogP contribution < -0.4 is 4.74 Å². The van der Waals surface area contributed by atoms with E-state index in [0.717, 1.165) is 39.2 Å². The van der Waals surface area contributed by atoms with Gasteiger partial charge in [-0.15, -0.1) is 0 Å². The van der Waals surface area contributed by atoms with Gasteiger partial charge in [-0.25, -0.2) is 0 Å². The molecule has 0 atom stereocenters. The third kappa shape index (κ3) is 2.98. The molecule has 0 spiro atoms. The number of ether oxygens (including phenoxy) is 1. The molecule has 1 heterocycles. The highest BCUT2D eigenvalue weighted by Gasteiger charge is 2.08. The van der Waals surface area contributed by atoms with Gasteiger partial charge in [0.2, 0.25) is 0 Å². The van der Waals surface area contributed by atoms with Crippen LogP contribution in [0, 0.1) is 6.92 Å². The first kappa shape index (κ1) is 14.6. The van der Waals surface area contributed by atoms with Gasteiger partial charge in [0.1, 0.15) is 23.7 Å². The standard InChI is InChI=1S/C18H18O4/c1-12-6-14(10-20)7-15-8-17(22-18(12)15)11-21-16-4-2-13(9-19)3-5-16/h2-8,19-20H,9-11H2,1H3. The maximum Gasteiger partial charge on any atom is 0.146 e. The van der Waals surface area contributed by atoms with Crippen molar-refractivity contribution in [1.82, 2.24) is 0 Å². The summed E-state index contributed by atoms with van der Waals surface area (Å²) in [5.41, 5.74) is 3.55. The molecule has 3 rings (SSSR count). The number of hydrogen-bond acceptors (Lipinski definition) is 4. The molecule has 1 aromatic heterocycles. The Morgan fingerprint density at radius 2 is 1.68 bits per heavy atom. The van der Waals surface area contributed by atoms with Crippen molar-refractivity contribution in [3.05, 3.63) is 64.9 Å². The Morgan fingerprint density at radius 1 is 0.955 bits per heavy atom. The van der Waals surface area contributed by atoms with Gasteiger partial charge < -0.3 is 19.4 Å². The van der Waals surface area contributed by atoms with Crippen LogP contribution in [0.25, 0.3) is 11.0 Å². The fraction of sp³-hybridized carbons (Fsp3) is 0.222. The second kappa shape index (κ2) is 6.22. The van der Waals surface area contributed by atoms with Crippen molar-refractivity contribution < 1.29 is 19.4 Å². The Bertz CT molecular complexity index is 772. The van der Waals surface area contributed by atoms with Gasteiger partial charge in [-0.2, -0.15) is 0 Å². The molecule has 4 heteroatoms. The predicted octanol–water partition coefficient (Wildman–Crippen LogP) is 3.30. The Hall–Kier alpha value is -2.30. The average molecular weight is 298 g/mol. The zero-order valence-corrected chi connectivity index (χ0v) is 12.4. The molecule has 0 aliphatic rings. The summed E-state index contributed by atoms with van der Waals surface area (Å²) >= 11 is 0. The van der Waals surface area contributed by atoms with Crippen molar-refractivity contribution in [3.8, 4) is 5.75 Å². The van der Waals surface area contributed by atoms with Gasteiger partial charge in [0, 0.05) is 5.39 Å². The Balaban J connectivity index is 1.77. The van der Waals surface area contributed by atoms with Crippen molar-refractivity contribution in [2.75, 3.05) is 0 Å². The lowest BCUT2D eigenvalue weighted by atomic mass is 10.1. The fourth-order valence-corrected chi connectivity index (χ4v) is 2.47. The number of aryl methyl sites for hydroxylation is 1. The van der Waals surface area contributed by atoms with Crippen LogP contribution in [0.4, 0.5) is 0 Å². The first-order valence-electron chi connectivity index (χ1n) is 7.15. The molecule has 0 fully saturated rings. The third-order valence-electron chi connectivity index (χ3n) is 3.58. The van der Waals surface area contributed by atoms with Crippen LogP contribution in [-0.2, 0) is 19.8 Å². The molecule has 0 saturated heterocycles. The normalized spacial score (nSPS) is 11.0. The number of benzene rings is 2. The van der Waals surface area contributed by atoms with Crippen LogP contribution in [-0.4, -0.2) is 10.2 Å². The van der Waals surface area contributed by atoms with E-state index in [-0.39, 0.29) is 13.2 Å². The number of furan rings is 1. The van der Waals surface area contributed by atoms with Crippen molar-refractivity contribution in [3.63, 3.8) is 0 Å². The quantitative estimate of drug-likeness (QED) is 0.758. The molecule has 4 nitrogen and oxygen atoms in total. The lowest BCUT2D eigenvalue weighted by Gasteiger charge is -2.04. The lowest BCUT2D eigenvalue weighted by Crippen LogP contribution is -1.93. The zero-order chi connectivity index (χ0) is 15.5. The van der Waals surface area contributed by atoms with Gasteiger partial charge in [-0.05, 0) is 47.9 Å². The van der Waals surface area contributed by atoms with Crippen LogP contribution in [0.3, 0.4) is 0 Å². The molecule has 0 radical (unpaired) electrons. The minimum Gasteiger partial charge on any atom is -0.486 e. The molecular weight excluding hydrogens is 280 g/mol. The minimum atomic E-state index is 0.0188. The number of hydrogen-bond donors (Lipinski definition) is 2. The largest absolute Gasteiger partial charge is 0.486 e. The van der Waals surface area contributed by atoms with Crippen molar-refractivity contribution in [1.29, 1.82) is 0 Å². The van der Waals surface area contributed by atoms with E-state index in [1.165, 1.54) is 0 Å². The lowest BCUT2D eigenvalue weighted by molar-refractivity contribution is 0.272. The first-order chi connectivity index (χ1) is 10.7. The topological polar surface area (TPSA) is 62.8 Å². The Kier molecular flexibility index (Phi) is 4.13. The van der Waals surface area contributed by atoms with E-state index in [9.17, 15) is 5.11 Å². The number of rotatable bonds is 5. The van der Waals surface area contributed by atoms with E-state index < -0.39 is 0 Å². The van der Waals surface area contributed by atoms with Gasteiger partial charge in [0.25, 0.3) is 0 Å². The molecule has 0 saturated carbocycles. The van der Waals surface area contributed by atoms with Gasteiger partial charge in [-0.1, -0.05) is 18.2 Å². The maximum atomic E-state index is 9.25. The highest BCUT2D eigenvalue weighted by atomic mass is 16.5. The second-order valence-corrected chi connectivity index (χ2v) is 5.29. The number of aliphatic hydroxyl groups is 2. The summed E-state index contributed by atoms with van der Waals surface area (Å²) in [7, 11) is 0. The van der Waals surface area contributed by atoms with E-state index in [2.05, 4.69) is 0 Å². The molecule has 2 aromatic carbocycles. The summed E-state index contributed by atoms with van der Waals surface area (Å²) in [6.07, 6.45) is 0. The van der Waals surface area contributed by atoms with Gasteiger partial charge in [-0.3, -0.25) is 0 Å². The predicted molar refractivity (Wildman–Crippen MR) is 83.6 cm³/mol. The molecule has 0 bridgehead atoms. The first-order valence-corrected chi connectivity index (χ1v) is 7.15. The molecular formula is C18H18O4. The maximum absolute atomic E-state index is 9.25. The third-order valence-corrected chi connectivity index (χ3v) is 3.58. The van der Waals surface area contributed by atoms with E-state index in [1.54, 1.807) is 0 Å². The Morgan fingerprint density at radius 3 is 2.36 bits per heavy atom. The van der Waals surface area contributed by atoms with Gasteiger partial charge >= 0.3 is 0 Å². The molecule has 0 amide bonds. The summed E-state index contributed by atoms with van der Waals surface area (Å²) in [5, 5.41) is 19.2. The van der Waals surface area contributed by atoms with Crippen LogP contribution in [0.15, 0.2) is 46.9 Å². The van der Waals surface area contributed by atoms with E-state index in [1.807, 2.05) is 49.4 Å². The van der Waals surface area contributed by atoms with Crippen molar-refractivity contribution in [2.24, 2.45) is 0 Å². The minimum absolute atomic E-state index is 0.0188. The van der Waals surface area contributed by atoms with E-state index in [0.29, 0.717) is 6.61 Å². The van der Waals surface area contributed by atoms with Gasteiger partial charge in [0.15, 0.2) is 0 Å². The smallest absolute Gasteiger partial charge is 0.146 e. The zero-order valence-electron chi connectivity index (χ0n) is 12.4. The number of aliphatic hydroxyl groups excluding tert-OH is 2. The molecule has 0 aliphatic heterocycles. The molecule has 22 heavy (non-hydrogen) atoms. The summed E-state index contributed by atoms with van der Waals surface area (Å²) in [4.78, 5) is 0. The highest BCUT2D eigenvalue weighted by Crippen LogP contribution is 2.25. The summed E-state index contributed by atoms with van der Waals surface area (Å²) in [6.45, 7) is 2.34. The van der Waals surface area contributed by atoms with Crippen molar-refractivity contribution in [2.45, 2.75) is 26.7 Å². The van der Waals surface area contributed by atoms with Crippen molar-refractivity contribution >= 4 is 11.0 Å². The summed E-state index contributed by atoms with van der Waals surface area (Å²) in [6, 6.07) is 13.1. The van der Waals surface area contributed by atoms with E-state index >= 15 is 0 Å². The fourth-order valence-electron chi connectivity index (χ4n) is 2.47. The van der Waals surface area contributed by atoms with Crippen LogP contribution in [0.2, 0.25) is 0 Å². The number of fused-ring (bicyclic) bond motifs is 1. The summed E-state index contributed by atoms with van der Waals surface area (Å²) < 4.78 is 11.5. The Labute approximate surface area is 128 Å². The second-order valence-electron chi connectivity index (χ2n) is 5.29. The van der Waals surface area contributed by atoms with Gasteiger partial charge in [0.05, 0.1) is 13.2 Å². The summed E-state index contributed by atoms with van der Waals surface area (Å²) in [5.74, 6) is 1.46. The molecule has 114 valence electrons. The monoisotopic (exact) mass is 298 g/mol. The molecule has 2 N–H and O–H groups in total. The van der Waals surface area contributed by atoms with Crippen LogP contribution >= 0.6 is 0 Å². The molecule has 0 unspecified atom stereocenters. The van der Waals surface area contributed by atoms with E-state index in [4.69, 9.17) is 14.3 Å². The van der Waals surface area contributed by atoms with Crippen LogP contribution in [0.5, 0.6) is 5.75 Å². The SMILES string of the molecule is Cc1cc(CO)cc2cc(COc3ccc(CO)cc3)oc12. The molecule has 0 aliphatic carbocycles. The highest BCUT2D eigenvalue weighted by molar-refractivity contribution is 5.81. The average Bonchev–Trinajstić information content (AvgIpc) is 2.97.